The lowest BCUT2D eigenvalue weighted by atomic mass is 10.1. The second-order valence-electron chi connectivity index (χ2n) is 4.84. The molecule has 0 aliphatic heterocycles. The number of aryl methyl sites for hydroxylation is 1. The van der Waals surface area contributed by atoms with Crippen molar-refractivity contribution in [2.75, 3.05) is 0 Å². The summed E-state index contributed by atoms with van der Waals surface area (Å²) in [5.74, 6) is 0.734. The second-order valence-corrected chi connectivity index (χ2v) is 4.84. The molecule has 1 atom stereocenters. The normalized spacial score (nSPS) is 12.5. The molecule has 0 radical (unpaired) electrons. The van der Waals surface area contributed by atoms with Crippen LogP contribution in [0.4, 0.5) is 0 Å². The Hall–Kier alpha value is -2.50. The van der Waals surface area contributed by atoms with Gasteiger partial charge in [-0.05, 0) is 25.5 Å². The molecule has 3 aromatic heterocycles. The van der Waals surface area contributed by atoms with Crippen molar-refractivity contribution in [1.82, 2.24) is 29.9 Å². The molecule has 3 heterocycles. The average molecular weight is 268 g/mol. The molecule has 0 saturated carbocycles. The standard InChI is InChI=1S/C14H16N6/c1-10-4-3-5-15-12(10)8-11(2)20-9-13(18-19-20)14-16-6-7-17-14/h3-7,9,11H,8H2,1-2H3,(H,16,17)/t11-/m1/s1. The van der Waals surface area contributed by atoms with E-state index in [2.05, 4.69) is 45.2 Å². The number of hydrogen-bond donors (Lipinski definition) is 1. The van der Waals surface area contributed by atoms with Gasteiger partial charge >= 0.3 is 0 Å². The zero-order chi connectivity index (χ0) is 13.9. The van der Waals surface area contributed by atoms with Crippen molar-refractivity contribution in [3.63, 3.8) is 0 Å². The molecule has 6 heteroatoms. The highest BCUT2D eigenvalue weighted by atomic mass is 15.4. The van der Waals surface area contributed by atoms with E-state index in [1.807, 2.05) is 23.1 Å². The molecule has 6 nitrogen and oxygen atoms in total. The number of H-pyrrole nitrogens is 1. The Labute approximate surface area is 116 Å². The molecular weight excluding hydrogens is 252 g/mol. The molecular formula is C14H16N6. The van der Waals surface area contributed by atoms with Gasteiger partial charge in [0, 0.05) is 30.7 Å². The van der Waals surface area contributed by atoms with E-state index < -0.39 is 0 Å². The first kappa shape index (κ1) is 12.5. The molecule has 102 valence electrons. The van der Waals surface area contributed by atoms with Crippen LogP contribution in [0.3, 0.4) is 0 Å². The third-order valence-electron chi connectivity index (χ3n) is 3.31. The Morgan fingerprint density at radius 3 is 2.95 bits per heavy atom. The quantitative estimate of drug-likeness (QED) is 0.787. The molecule has 0 bridgehead atoms. The van der Waals surface area contributed by atoms with E-state index in [-0.39, 0.29) is 6.04 Å². The highest BCUT2D eigenvalue weighted by Crippen LogP contribution is 2.17. The monoisotopic (exact) mass is 268 g/mol. The Balaban J connectivity index is 1.78. The Kier molecular flexibility index (Phi) is 3.28. The molecule has 20 heavy (non-hydrogen) atoms. The van der Waals surface area contributed by atoms with Gasteiger partial charge in [0.15, 0.2) is 5.82 Å². The van der Waals surface area contributed by atoms with Gasteiger partial charge in [0.2, 0.25) is 0 Å². The van der Waals surface area contributed by atoms with Gasteiger partial charge < -0.3 is 4.98 Å². The van der Waals surface area contributed by atoms with E-state index in [1.54, 1.807) is 12.4 Å². The number of hydrogen-bond acceptors (Lipinski definition) is 4. The fraction of sp³-hybridized carbons (Fsp3) is 0.286. The zero-order valence-corrected chi connectivity index (χ0v) is 11.5. The highest BCUT2D eigenvalue weighted by molar-refractivity contribution is 5.45. The van der Waals surface area contributed by atoms with Crippen LogP contribution >= 0.6 is 0 Å². The van der Waals surface area contributed by atoms with Crippen LogP contribution in [0.1, 0.15) is 24.2 Å². The first-order valence-corrected chi connectivity index (χ1v) is 6.56. The van der Waals surface area contributed by atoms with Crippen LogP contribution in [-0.2, 0) is 6.42 Å². The van der Waals surface area contributed by atoms with Crippen LogP contribution in [0.25, 0.3) is 11.5 Å². The SMILES string of the molecule is Cc1cccnc1C[C@@H](C)n1cc(-c2ncc[nH]2)nn1. The lowest BCUT2D eigenvalue weighted by Gasteiger charge is -2.11. The topological polar surface area (TPSA) is 72.3 Å². The molecule has 1 N–H and O–H groups in total. The maximum atomic E-state index is 4.42. The summed E-state index contributed by atoms with van der Waals surface area (Å²) in [5.41, 5.74) is 3.04. The van der Waals surface area contributed by atoms with E-state index in [1.165, 1.54) is 5.56 Å². The van der Waals surface area contributed by atoms with Gasteiger partial charge in [0.1, 0.15) is 5.69 Å². The van der Waals surface area contributed by atoms with Crippen molar-refractivity contribution in [3.8, 4) is 11.5 Å². The summed E-state index contributed by atoms with van der Waals surface area (Å²) >= 11 is 0. The number of aromatic amines is 1. The summed E-state index contributed by atoms with van der Waals surface area (Å²) in [6, 6.07) is 4.22. The van der Waals surface area contributed by atoms with Crippen LogP contribution < -0.4 is 0 Å². The largest absolute Gasteiger partial charge is 0.343 e. The molecule has 0 spiro atoms. The molecule has 0 aliphatic carbocycles. The van der Waals surface area contributed by atoms with Crippen LogP contribution in [0.15, 0.2) is 36.9 Å². The predicted molar refractivity (Wildman–Crippen MR) is 75.0 cm³/mol. The number of nitrogens with zero attached hydrogens (tertiary/aromatic N) is 5. The molecule has 0 aliphatic rings. The van der Waals surface area contributed by atoms with Crippen molar-refractivity contribution in [1.29, 1.82) is 0 Å². The summed E-state index contributed by atoms with van der Waals surface area (Å²) in [6.07, 6.45) is 8.03. The first-order valence-electron chi connectivity index (χ1n) is 6.56. The Morgan fingerprint density at radius 1 is 1.30 bits per heavy atom. The third-order valence-corrected chi connectivity index (χ3v) is 3.31. The van der Waals surface area contributed by atoms with Crippen LogP contribution in [-0.4, -0.2) is 29.9 Å². The summed E-state index contributed by atoms with van der Waals surface area (Å²) < 4.78 is 1.85. The smallest absolute Gasteiger partial charge is 0.159 e. The third kappa shape index (κ3) is 2.45. The fourth-order valence-corrected chi connectivity index (χ4v) is 2.11. The molecule has 0 saturated heterocycles. The summed E-state index contributed by atoms with van der Waals surface area (Å²) in [7, 11) is 0. The molecule has 0 unspecified atom stereocenters. The van der Waals surface area contributed by atoms with Crippen LogP contribution in [0.2, 0.25) is 0 Å². The minimum atomic E-state index is 0.194. The first-order chi connectivity index (χ1) is 9.74. The van der Waals surface area contributed by atoms with Gasteiger partial charge in [-0.3, -0.25) is 4.98 Å². The van der Waals surface area contributed by atoms with Gasteiger partial charge in [0.25, 0.3) is 0 Å². The van der Waals surface area contributed by atoms with Gasteiger partial charge in [0.05, 0.1) is 12.2 Å². The van der Waals surface area contributed by atoms with Crippen molar-refractivity contribution in [2.45, 2.75) is 26.3 Å². The zero-order valence-electron chi connectivity index (χ0n) is 11.5. The Morgan fingerprint density at radius 2 is 2.20 bits per heavy atom. The number of imidazole rings is 1. The Bertz CT molecular complexity index is 685. The molecule has 3 rings (SSSR count). The van der Waals surface area contributed by atoms with Gasteiger partial charge in [-0.2, -0.15) is 0 Å². The van der Waals surface area contributed by atoms with E-state index in [0.717, 1.165) is 23.6 Å². The fourth-order valence-electron chi connectivity index (χ4n) is 2.11. The van der Waals surface area contributed by atoms with E-state index in [9.17, 15) is 0 Å². The molecule has 0 fully saturated rings. The number of rotatable bonds is 4. The lowest BCUT2D eigenvalue weighted by Crippen LogP contribution is -2.10. The lowest BCUT2D eigenvalue weighted by molar-refractivity contribution is 0.469. The van der Waals surface area contributed by atoms with E-state index >= 15 is 0 Å². The van der Waals surface area contributed by atoms with Crippen molar-refractivity contribution in [2.24, 2.45) is 0 Å². The number of aromatic nitrogens is 6. The van der Waals surface area contributed by atoms with Crippen molar-refractivity contribution >= 4 is 0 Å². The van der Waals surface area contributed by atoms with Crippen molar-refractivity contribution < 1.29 is 0 Å². The van der Waals surface area contributed by atoms with Gasteiger partial charge in [-0.1, -0.05) is 11.3 Å². The van der Waals surface area contributed by atoms with Gasteiger partial charge in [-0.15, -0.1) is 5.10 Å². The summed E-state index contributed by atoms with van der Waals surface area (Å²) in [4.78, 5) is 11.6. The van der Waals surface area contributed by atoms with Gasteiger partial charge in [-0.25, -0.2) is 9.67 Å². The summed E-state index contributed by atoms with van der Waals surface area (Å²) in [6.45, 7) is 4.18. The van der Waals surface area contributed by atoms with E-state index in [4.69, 9.17) is 0 Å². The van der Waals surface area contributed by atoms with Crippen molar-refractivity contribution in [3.05, 3.63) is 48.2 Å². The molecule has 3 aromatic rings. The van der Waals surface area contributed by atoms with Crippen LogP contribution in [0, 0.1) is 6.92 Å². The molecule has 0 aromatic carbocycles. The summed E-state index contributed by atoms with van der Waals surface area (Å²) in [5, 5.41) is 8.32. The minimum absolute atomic E-state index is 0.194. The van der Waals surface area contributed by atoms with E-state index in [0.29, 0.717) is 0 Å². The second kappa shape index (κ2) is 5.24. The highest BCUT2D eigenvalue weighted by Gasteiger charge is 2.12. The maximum absolute atomic E-state index is 4.42. The average Bonchev–Trinajstić information content (AvgIpc) is 3.11. The maximum Gasteiger partial charge on any atom is 0.159 e. The number of nitrogens with one attached hydrogen (secondary N) is 1. The molecule has 0 amide bonds. The minimum Gasteiger partial charge on any atom is -0.343 e. The number of pyridine rings is 1. The predicted octanol–water partition coefficient (Wildman–Crippen LogP) is 2.18. The van der Waals surface area contributed by atoms with Crippen LogP contribution in [0.5, 0.6) is 0 Å².